The molecule has 0 spiro atoms. The molecular formula is C24H36Cu2N12O8. The molecule has 262 valence electrons. The Labute approximate surface area is 282 Å². The van der Waals surface area contributed by atoms with Gasteiger partial charge in [0.15, 0.2) is 0 Å². The largest absolute Gasteiger partial charge is 0.480 e. The van der Waals surface area contributed by atoms with Crippen molar-refractivity contribution >= 4 is 23.9 Å². The second-order valence-corrected chi connectivity index (χ2v) is 8.90. The van der Waals surface area contributed by atoms with Crippen LogP contribution in [0, 0.1) is 0 Å². The van der Waals surface area contributed by atoms with E-state index in [1.807, 2.05) is 0 Å². The second kappa shape index (κ2) is 23.9. The summed E-state index contributed by atoms with van der Waals surface area (Å²) in [4.78, 5) is 67.1. The van der Waals surface area contributed by atoms with E-state index in [9.17, 15) is 19.2 Å². The van der Waals surface area contributed by atoms with E-state index < -0.39 is 48.0 Å². The normalized spacial score (nSPS) is 12.3. The van der Waals surface area contributed by atoms with Crippen molar-refractivity contribution in [1.82, 2.24) is 39.9 Å². The van der Waals surface area contributed by atoms with E-state index in [4.69, 9.17) is 43.4 Å². The Balaban J connectivity index is 0. The van der Waals surface area contributed by atoms with Gasteiger partial charge < -0.3 is 63.3 Å². The van der Waals surface area contributed by atoms with E-state index in [1.54, 1.807) is 24.8 Å². The number of nitrogens with zero attached hydrogens (tertiary/aromatic N) is 4. The Morgan fingerprint density at radius 2 is 0.652 bits per heavy atom. The Morgan fingerprint density at radius 1 is 0.478 bits per heavy atom. The summed E-state index contributed by atoms with van der Waals surface area (Å²) in [5.74, 6) is -4.00. The van der Waals surface area contributed by atoms with Crippen LogP contribution in [0.2, 0.25) is 0 Å². The molecule has 4 aromatic rings. The number of nitrogens with two attached hydrogens (primary N) is 4. The molecule has 0 amide bonds. The zero-order valence-corrected chi connectivity index (χ0v) is 25.8. The van der Waals surface area contributed by atoms with Crippen LogP contribution in [0.25, 0.3) is 0 Å². The molecule has 0 aliphatic carbocycles. The minimum atomic E-state index is -1.00. The fourth-order valence-corrected chi connectivity index (χ4v) is 2.88. The summed E-state index contributed by atoms with van der Waals surface area (Å²) in [5.41, 5.74) is 24.0. The minimum absolute atomic E-state index is 0. The number of nitrogens with one attached hydrogen (secondary N) is 4. The molecule has 4 aromatic heterocycles. The molecule has 0 aromatic carbocycles. The molecule has 0 fully saturated rings. The van der Waals surface area contributed by atoms with E-state index in [0.717, 1.165) is 22.8 Å². The van der Waals surface area contributed by atoms with Gasteiger partial charge in [0.25, 0.3) is 0 Å². The van der Waals surface area contributed by atoms with Crippen LogP contribution in [0.1, 0.15) is 22.8 Å². The molecule has 16 N–H and O–H groups in total. The van der Waals surface area contributed by atoms with E-state index in [1.165, 1.54) is 25.3 Å². The number of hydrogen-bond acceptors (Lipinski definition) is 12. The van der Waals surface area contributed by atoms with Crippen molar-refractivity contribution in [3.05, 3.63) is 72.9 Å². The summed E-state index contributed by atoms with van der Waals surface area (Å²) in [6.07, 6.45) is 13.3. The maximum absolute atomic E-state index is 10.3. The zero-order chi connectivity index (χ0) is 33.1. The first-order chi connectivity index (χ1) is 20.8. The summed E-state index contributed by atoms with van der Waals surface area (Å²) in [6.45, 7) is 0. The number of H-pyrrole nitrogens is 4. The zero-order valence-electron chi connectivity index (χ0n) is 23.9. The molecule has 4 heterocycles. The fraction of sp³-hybridized carbons (Fsp3) is 0.333. The number of hydrogen-bond donors (Lipinski definition) is 12. The summed E-state index contributed by atoms with van der Waals surface area (Å²) in [5, 5.41) is 33.7. The van der Waals surface area contributed by atoms with Crippen molar-refractivity contribution < 1.29 is 73.7 Å². The van der Waals surface area contributed by atoms with Gasteiger partial charge in [-0.1, -0.05) is 0 Å². The molecule has 0 saturated carbocycles. The van der Waals surface area contributed by atoms with Crippen LogP contribution in [0.4, 0.5) is 0 Å². The Morgan fingerprint density at radius 3 is 0.761 bits per heavy atom. The van der Waals surface area contributed by atoms with Gasteiger partial charge in [-0.05, 0) is 0 Å². The predicted octanol–water partition coefficient (Wildman–Crippen LogP) is -2.55. The fourth-order valence-electron chi connectivity index (χ4n) is 2.88. The van der Waals surface area contributed by atoms with Crippen molar-refractivity contribution in [1.29, 1.82) is 0 Å². The smallest absolute Gasteiger partial charge is 0.320 e. The first kappa shape index (κ1) is 43.7. The third kappa shape index (κ3) is 19.1. The maximum atomic E-state index is 10.3. The van der Waals surface area contributed by atoms with Crippen molar-refractivity contribution in [2.45, 2.75) is 49.9 Å². The van der Waals surface area contributed by atoms with Crippen molar-refractivity contribution in [3.63, 3.8) is 0 Å². The first-order valence-electron chi connectivity index (χ1n) is 12.6. The first-order valence-corrected chi connectivity index (χ1v) is 12.6. The van der Waals surface area contributed by atoms with Gasteiger partial charge >= 0.3 is 23.9 Å². The summed E-state index contributed by atoms with van der Waals surface area (Å²) >= 11 is 0. The van der Waals surface area contributed by atoms with Gasteiger partial charge in [0.2, 0.25) is 0 Å². The monoisotopic (exact) mass is 746 g/mol. The van der Waals surface area contributed by atoms with Crippen LogP contribution in [-0.4, -0.2) is 108 Å². The summed E-state index contributed by atoms with van der Waals surface area (Å²) in [7, 11) is 0. The molecule has 22 heteroatoms. The van der Waals surface area contributed by atoms with Gasteiger partial charge in [0.05, 0.1) is 25.3 Å². The van der Waals surface area contributed by atoms with Crippen molar-refractivity contribution in [3.8, 4) is 0 Å². The molecule has 0 saturated heterocycles. The average molecular weight is 748 g/mol. The molecule has 0 bridgehead atoms. The van der Waals surface area contributed by atoms with E-state index >= 15 is 0 Å². The Kier molecular flexibility index (Phi) is 22.7. The molecule has 0 aliphatic heterocycles. The van der Waals surface area contributed by atoms with E-state index in [2.05, 4.69) is 39.9 Å². The standard InChI is InChI=1S/4C6H9N3O2.2Cu/c4*7-5(6(10)11)1-4-2-8-3-9-4;;/h4*2-3,5H,1,7H2,(H,8,9)(H,10,11);;/t4*5-;;/m0000../s1. The van der Waals surface area contributed by atoms with Crippen LogP contribution < -0.4 is 22.9 Å². The maximum Gasteiger partial charge on any atom is 0.320 e. The third-order valence-electron chi connectivity index (χ3n) is 5.25. The third-order valence-corrected chi connectivity index (χ3v) is 5.25. The molecule has 20 nitrogen and oxygen atoms in total. The molecule has 2 radical (unpaired) electrons. The summed E-state index contributed by atoms with van der Waals surface area (Å²) < 4.78 is 0. The van der Waals surface area contributed by atoms with Crippen molar-refractivity contribution in [2.24, 2.45) is 22.9 Å². The minimum Gasteiger partial charge on any atom is -0.480 e. The second-order valence-electron chi connectivity index (χ2n) is 8.90. The van der Waals surface area contributed by atoms with Gasteiger partial charge in [-0.15, -0.1) is 0 Å². The predicted molar refractivity (Wildman–Crippen MR) is 152 cm³/mol. The number of aromatic amines is 4. The van der Waals surface area contributed by atoms with Crippen LogP contribution in [-0.2, 0) is 79.0 Å². The average Bonchev–Trinajstić information content (AvgIpc) is 3.79. The number of carboxylic acids is 4. The number of aromatic nitrogens is 8. The van der Waals surface area contributed by atoms with Crippen LogP contribution in [0.15, 0.2) is 50.1 Å². The Hall–Kier alpha value is -4.40. The molecule has 0 unspecified atom stereocenters. The van der Waals surface area contributed by atoms with Crippen LogP contribution in [0.5, 0.6) is 0 Å². The summed E-state index contributed by atoms with van der Waals surface area (Å²) in [6, 6.07) is -3.41. The van der Waals surface area contributed by atoms with Crippen LogP contribution >= 0.6 is 0 Å². The number of rotatable bonds is 12. The van der Waals surface area contributed by atoms with Gasteiger partial charge in [-0.25, -0.2) is 19.9 Å². The number of imidazole rings is 4. The SMILES string of the molecule is N[C@@H](Cc1cnc[nH]1)C(=O)O.N[C@@H](Cc1cnc[nH]1)C(=O)O.N[C@@H](Cc1cnc[nH]1)C(=O)O.N[C@@H](Cc1cnc[nH]1)C(=O)O.[Cu].[Cu]. The molecule has 4 rings (SSSR count). The van der Waals surface area contributed by atoms with Gasteiger partial charge in [0, 0.05) is 107 Å². The molecule has 0 aliphatic rings. The molecule has 46 heavy (non-hydrogen) atoms. The topological polar surface area (TPSA) is 368 Å². The Bertz CT molecular complexity index is 1150. The molecular weight excluding hydrogens is 711 g/mol. The van der Waals surface area contributed by atoms with Gasteiger partial charge in [0.1, 0.15) is 24.2 Å². The van der Waals surface area contributed by atoms with Gasteiger partial charge in [-0.3, -0.25) is 19.2 Å². The number of carbonyl (C=O) groups is 4. The van der Waals surface area contributed by atoms with Gasteiger partial charge in [-0.2, -0.15) is 0 Å². The van der Waals surface area contributed by atoms with E-state index in [0.29, 0.717) is 0 Å². The van der Waals surface area contributed by atoms with E-state index in [-0.39, 0.29) is 59.8 Å². The quantitative estimate of drug-likeness (QED) is 0.0664. The van der Waals surface area contributed by atoms with Crippen LogP contribution in [0.3, 0.4) is 0 Å². The van der Waals surface area contributed by atoms with Crippen molar-refractivity contribution in [2.75, 3.05) is 0 Å². The number of aliphatic carboxylic acids is 4. The molecule has 4 atom stereocenters. The number of carboxylic acid groups (broad SMARTS) is 4.